The lowest BCUT2D eigenvalue weighted by atomic mass is 10.2. The van der Waals surface area contributed by atoms with E-state index in [1.165, 1.54) is 4.90 Å². The molecule has 0 bridgehead atoms. The molecule has 0 aliphatic rings. The van der Waals surface area contributed by atoms with Crippen LogP contribution in [0.4, 0.5) is 10.5 Å². The van der Waals surface area contributed by atoms with Gasteiger partial charge >= 0.3 is 6.03 Å². The van der Waals surface area contributed by atoms with Gasteiger partial charge in [0.15, 0.2) is 0 Å². The summed E-state index contributed by atoms with van der Waals surface area (Å²) in [6, 6.07) is 7.10. The summed E-state index contributed by atoms with van der Waals surface area (Å²) in [5.74, 6) is 0. The van der Waals surface area contributed by atoms with E-state index in [4.69, 9.17) is 16.9 Å². The van der Waals surface area contributed by atoms with E-state index in [1.54, 1.807) is 32.3 Å². The Morgan fingerprint density at radius 1 is 1.44 bits per heavy atom. The minimum absolute atomic E-state index is 0.150. The summed E-state index contributed by atoms with van der Waals surface area (Å²) in [5, 5.41) is 15.2. The van der Waals surface area contributed by atoms with Gasteiger partial charge in [0.1, 0.15) is 6.07 Å². The van der Waals surface area contributed by atoms with Gasteiger partial charge in [0.25, 0.3) is 0 Å². The molecule has 0 unspecified atom stereocenters. The van der Waals surface area contributed by atoms with E-state index in [0.29, 0.717) is 29.4 Å². The summed E-state index contributed by atoms with van der Waals surface area (Å²) in [7, 11) is 3.35. The first kappa shape index (κ1) is 14.1. The zero-order valence-electron chi connectivity index (χ0n) is 10.3. The molecule has 0 spiro atoms. The smallest absolute Gasteiger partial charge is 0.316 e. The van der Waals surface area contributed by atoms with Crippen LogP contribution in [0.1, 0.15) is 5.56 Å². The molecule has 1 aromatic carbocycles. The van der Waals surface area contributed by atoms with Crippen LogP contribution in [0.2, 0.25) is 5.02 Å². The van der Waals surface area contributed by atoms with Crippen molar-refractivity contribution in [2.75, 3.05) is 32.5 Å². The lowest BCUT2D eigenvalue weighted by molar-refractivity contribution is 0.218. The van der Waals surface area contributed by atoms with Crippen LogP contribution >= 0.6 is 11.6 Å². The number of hydrogen-bond acceptors (Lipinski definition) is 3. The molecule has 1 aromatic rings. The van der Waals surface area contributed by atoms with Crippen LogP contribution < -0.4 is 10.6 Å². The number of nitrogens with zero attached hydrogens (tertiary/aromatic N) is 2. The number of urea groups is 1. The van der Waals surface area contributed by atoms with Crippen LogP contribution in [0.5, 0.6) is 0 Å². The fourth-order valence-electron chi connectivity index (χ4n) is 1.31. The van der Waals surface area contributed by atoms with E-state index >= 15 is 0 Å². The molecule has 0 fully saturated rings. The highest BCUT2D eigenvalue weighted by molar-refractivity contribution is 6.32. The monoisotopic (exact) mass is 266 g/mol. The maximum atomic E-state index is 11.2. The van der Waals surface area contributed by atoms with Gasteiger partial charge in [0.05, 0.1) is 16.3 Å². The van der Waals surface area contributed by atoms with E-state index in [2.05, 4.69) is 10.6 Å². The van der Waals surface area contributed by atoms with Gasteiger partial charge in [0.2, 0.25) is 0 Å². The number of carbonyl (C=O) groups is 1. The highest BCUT2D eigenvalue weighted by atomic mass is 35.5. The third-order valence-electron chi connectivity index (χ3n) is 2.25. The molecule has 0 aromatic heterocycles. The lowest BCUT2D eigenvalue weighted by Crippen LogP contribution is -2.37. The van der Waals surface area contributed by atoms with E-state index in [9.17, 15) is 4.79 Å². The largest absolute Gasteiger partial charge is 0.382 e. The van der Waals surface area contributed by atoms with Gasteiger partial charge in [-0.2, -0.15) is 5.26 Å². The summed E-state index contributed by atoms with van der Waals surface area (Å²) in [4.78, 5) is 12.7. The topological polar surface area (TPSA) is 68.2 Å². The van der Waals surface area contributed by atoms with Crippen LogP contribution in [0.25, 0.3) is 0 Å². The number of nitrogens with one attached hydrogen (secondary N) is 2. The van der Waals surface area contributed by atoms with Crippen LogP contribution in [0.3, 0.4) is 0 Å². The van der Waals surface area contributed by atoms with Crippen LogP contribution in [-0.2, 0) is 0 Å². The molecule has 2 N–H and O–H groups in total. The molecule has 2 amide bonds. The Labute approximate surface area is 111 Å². The number of anilines is 1. The number of rotatable bonds is 4. The van der Waals surface area contributed by atoms with Crippen LogP contribution in [0, 0.1) is 11.3 Å². The predicted octanol–water partition coefficient (Wildman–Crippen LogP) is 1.89. The Balaban J connectivity index is 2.48. The van der Waals surface area contributed by atoms with Gasteiger partial charge < -0.3 is 15.5 Å². The van der Waals surface area contributed by atoms with Crippen molar-refractivity contribution in [3.8, 4) is 6.07 Å². The molecule has 18 heavy (non-hydrogen) atoms. The van der Waals surface area contributed by atoms with Crippen molar-refractivity contribution in [2.24, 2.45) is 0 Å². The van der Waals surface area contributed by atoms with Gasteiger partial charge in [-0.25, -0.2) is 4.79 Å². The molecular weight excluding hydrogens is 252 g/mol. The quantitative estimate of drug-likeness (QED) is 0.818. The lowest BCUT2D eigenvalue weighted by Gasteiger charge is -2.13. The summed E-state index contributed by atoms with van der Waals surface area (Å²) < 4.78 is 0. The van der Waals surface area contributed by atoms with E-state index in [1.807, 2.05) is 6.07 Å². The van der Waals surface area contributed by atoms with Gasteiger partial charge in [-0.1, -0.05) is 17.7 Å². The first-order chi connectivity index (χ1) is 8.56. The summed E-state index contributed by atoms with van der Waals surface area (Å²) in [6.07, 6.45) is 0. The van der Waals surface area contributed by atoms with Crippen molar-refractivity contribution in [3.05, 3.63) is 28.8 Å². The third kappa shape index (κ3) is 3.82. The maximum absolute atomic E-state index is 11.2. The fourth-order valence-corrected chi connectivity index (χ4v) is 1.53. The Hall–Kier alpha value is -1.93. The molecule has 0 saturated carbocycles. The summed E-state index contributed by atoms with van der Waals surface area (Å²) in [6.45, 7) is 0.989. The minimum atomic E-state index is -0.150. The molecule has 0 atom stereocenters. The number of hydrogen-bond donors (Lipinski definition) is 2. The normalized spacial score (nSPS) is 9.44. The fraction of sp³-hybridized carbons (Fsp3) is 0.333. The standard InChI is InChI=1S/C12H15ClN4O/c1-17(2)12(18)16-7-6-15-11-5-3-4-10(13)9(11)8-14/h3-5,15H,6-7H2,1-2H3,(H,16,18). The third-order valence-corrected chi connectivity index (χ3v) is 2.56. The highest BCUT2D eigenvalue weighted by Crippen LogP contribution is 2.22. The second-order valence-electron chi connectivity index (χ2n) is 3.83. The molecule has 1 rings (SSSR count). The second-order valence-corrected chi connectivity index (χ2v) is 4.23. The van der Waals surface area contributed by atoms with Crippen molar-refractivity contribution in [1.82, 2.24) is 10.2 Å². The maximum Gasteiger partial charge on any atom is 0.316 e. The van der Waals surface area contributed by atoms with Crippen molar-refractivity contribution in [1.29, 1.82) is 5.26 Å². The molecule has 5 nitrogen and oxygen atoms in total. The highest BCUT2D eigenvalue weighted by Gasteiger charge is 2.06. The Morgan fingerprint density at radius 2 is 2.17 bits per heavy atom. The zero-order chi connectivity index (χ0) is 13.5. The molecule has 6 heteroatoms. The minimum Gasteiger partial charge on any atom is -0.382 e. The van der Waals surface area contributed by atoms with E-state index < -0.39 is 0 Å². The zero-order valence-corrected chi connectivity index (χ0v) is 11.1. The second kappa shape index (κ2) is 6.72. The first-order valence-electron chi connectivity index (χ1n) is 5.44. The van der Waals surface area contributed by atoms with Crippen molar-refractivity contribution < 1.29 is 4.79 Å². The van der Waals surface area contributed by atoms with Gasteiger partial charge in [0, 0.05) is 27.2 Å². The summed E-state index contributed by atoms with van der Waals surface area (Å²) in [5.41, 5.74) is 1.09. The number of halogens is 1. The first-order valence-corrected chi connectivity index (χ1v) is 5.81. The predicted molar refractivity (Wildman–Crippen MR) is 71.7 cm³/mol. The van der Waals surface area contributed by atoms with E-state index in [-0.39, 0.29) is 6.03 Å². The van der Waals surface area contributed by atoms with Crippen LogP contribution in [-0.4, -0.2) is 38.1 Å². The van der Waals surface area contributed by atoms with Crippen molar-refractivity contribution in [2.45, 2.75) is 0 Å². The molecule has 0 aliphatic carbocycles. The molecular formula is C12H15ClN4O. The van der Waals surface area contributed by atoms with Gasteiger partial charge in [-0.05, 0) is 12.1 Å². The number of benzene rings is 1. The van der Waals surface area contributed by atoms with Crippen molar-refractivity contribution in [3.63, 3.8) is 0 Å². The number of carbonyl (C=O) groups excluding carboxylic acids is 1. The molecule has 0 radical (unpaired) electrons. The average molecular weight is 267 g/mol. The summed E-state index contributed by atoms with van der Waals surface area (Å²) >= 11 is 5.90. The Kier molecular flexibility index (Phi) is 5.28. The van der Waals surface area contributed by atoms with Gasteiger partial charge in [-0.15, -0.1) is 0 Å². The Morgan fingerprint density at radius 3 is 2.78 bits per heavy atom. The number of nitriles is 1. The van der Waals surface area contributed by atoms with Crippen LogP contribution in [0.15, 0.2) is 18.2 Å². The number of amides is 2. The average Bonchev–Trinajstić information content (AvgIpc) is 2.34. The van der Waals surface area contributed by atoms with E-state index in [0.717, 1.165) is 0 Å². The SMILES string of the molecule is CN(C)C(=O)NCCNc1cccc(Cl)c1C#N. The molecule has 0 aliphatic heterocycles. The molecule has 0 heterocycles. The van der Waals surface area contributed by atoms with Gasteiger partial charge in [-0.3, -0.25) is 0 Å². The van der Waals surface area contributed by atoms with Crippen molar-refractivity contribution >= 4 is 23.3 Å². The Bertz CT molecular complexity index is 468. The molecule has 96 valence electrons. The molecule has 0 saturated heterocycles.